The van der Waals surface area contributed by atoms with Crippen LogP contribution in [-0.2, 0) is 4.79 Å². The highest BCUT2D eigenvalue weighted by molar-refractivity contribution is 9.10. The number of halogens is 1. The molecule has 0 aromatic carbocycles. The van der Waals surface area contributed by atoms with Gasteiger partial charge in [-0.25, -0.2) is 0 Å². The molecule has 1 fully saturated rings. The van der Waals surface area contributed by atoms with Crippen LogP contribution in [0.4, 0.5) is 0 Å². The normalized spacial score (nSPS) is 20.3. The number of rotatable bonds is 4. The van der Waals surface area contributed by atoms with E-state index in [1.807, 2.05) is 4.90 Å². The Kier molecular flexibility index (Phi) is 5.61. The fraction of sp³-hybridized carbons (Fsp3) is 0.909. The van der Waals surface area contributed by atoms with Crippen molar-refractivity contribution in [3.63, 3.8) is 0 Å². The van der Waals surface area contributed by atoms with Gasteiger partial charge in [0.05, 0.1) is 4.83 Å². The van der Waals surface area contributed by atoms with Crippen LogP contribution >= 0.6 is 15.9 Å². The van der Waals surface area contributed by atoms with Gasteiger partial charge in [-0.2, -0.15) is 0 Å². The quantitative estimate of drug-likeness (QED) is 0.730. The molecule has 0 radical (unpaired) electrons. The highest BCUT2D eigenvalue weighted by Gasteiger charge is 2.23. The van der Waals surface area contributed by atoms with E-state index in [1.165, 1.54) is 0 Å². The summed E-state index contributed by atoms with van der Waals surface area (Å²) >= 11 is 3.49. The largest absolute Gasteiger partial charge is 0.339 e. The molecule has 1 heterocycles. The third kappa shape index (κ3) is 4.11. The molecule has 1 aliphatic heterocycles. The molecule has 0 N–H and O–H groups in total. The van der Waals surface area contributed by atoms with Crippen LogP contribution in [-0.4, -0.2) is 53.8 Å². The van der Waals surface area contributed by atoms with Gasteiger partial charge in [0, 0.05) is 26.2 Å². The standard InChI is InChI=1S/C11H21BrN2O/c1-3-4-5-10(12)11(15)14-8-6-13(2)7-9-14/h10H,3-9H2,1-2H3. The summed E-state index contributed by atoms with van der Waals surface area (Å²) in [5.74, 6) is 0.275. The molecule has 1 atom stereocenters. The highest BCUT2D eigenvalue weighted by atomic mass is 79.9. The molecule has 3 nitrogen and oxygen atoms in total. The SMILES string of the molecule is CCCCC(Br)C(=O)N1CCN(C)CC1. The summed E-state index contributed by atoms with van der Waals surface area (Å²) in [6.45, 7) is 5.91. The predicted octanol–water partition coefficient (Wildman–Crippen LogP) is 1.71. The first-order valence-corrected chi connectivity index (χ1v) is 6.68. The first-order valence-electron chi connectivity index (χ1n) is 5.76. The topological polar surface area (TPSA) is 23.6 Å². The minimum absolute atomic E-state index is 0.0286. The van der Waals surface area contributed by atoms with Gasteiger partial charge in [0.1, 0.15) is 0 Å². The molecule has 0 saturated carbocycles. The molecule has 0 aromatic heterocycles. The molecule has 0 spiro atoms. The lowest BCUT2D eigenvalue weighted by Crippen LogP contribution is -2.49. The number of unbranched alkanes of at least 4 members (excludes halogenated alkanes) is 1. The minimum Gasteiger partial charge on any atom is -0.339 e. The van der Waals surface area contributed by atoms with Crippen LogP contribution in [0.1, 0.15) is 26.2 Å². The summed E-state index contributed by atoms with van der Waals surface area (Å²) in [7, 11) is 2.10. The van der Waals surface area contributed by atoms with Crippen molar-refractivity contribution in [2.75, 3.05) is 33.2 Å². The van der Waals surface area contributed by atoms with E-state index in [4.69, 9.17) is 0 Å². The number of likely N-dealkylation sites (N-methyl/N-ethyl adjacent to an activating group) is 1. The van der Waals surface area contributed by atoms with Gasteiger partial charge in [0.25, 0.3) is 0 Å². The van der Waals surface area contributed by atoms with Crippen molar-refractivity contribution < 1.29 is 4.79 Å². The van der Waals surface area contributed by atoms with Gasteiger partial charge in [-0.1, -0.05) is 35.7 Å². The zero-order valence-electron chi connectivity index (χ0n) is 9.71. The van der Waals surface area contributed by atoms with Gasteiger partial charge in [0.15, 0.2) is 0 Å². The molecule has 15 heavy (non-hydrogen) atoms. The van der Waals surface area contributed by atoms with Crippen LogP contribution < -0.4 is 0 Å². The lowest BCUT2D eigenvalue weighted by molar-refractivity contribution is -0.132. The molecule has 0 bridgehead atoms. The number of amides is 1. The zero-order chi connectivity index (χ0) is 11.3. The second-order valence-electron chi connectivity index (χ2n) is 4.24. The van der Waals surface area contributed by atoms with Crippen LogP contribution in [0.5, 0.6) is 0 Å². The molecule has 1 amide bonds. The number of carbonyl (C=O) groups excluding carboxylic acids is 1. The van der Waals surface area contributed by atoms with Crippen LogP contribution in [0.3, 0.4) is 0 Å². The van der Waals surface area contributed by atoms with E-state index >= 15 is 0 Å². The van der Waals surface area contributed by atoms with Gasteiger partial charge >= 0.3 is 0 Å². The maximum Gasteiger partial charge on any atom is 0.236 e. The van der Waals surface area contributed by atoms with Gasteiger partial charge in [-0.3, -0.25) is 4.79 Å². The molecule has 4 heteroatoms. The molecular formula is C11H21BrN2O. The molecule has 88 valence electrons. The molecule has 0 aromatic rings. The van der Waals surface area contributed by atoms with E-state index in [-0.39, 0.29) is 10.7 Å². The van der Waals surface area contributed by atoms with Crippen LogP contribution in [0.2, 0.25) is 0 Å². The number of hydrogen-bond donors (Lipinski definition) is 0. The number of alkyl halides is 1. The second-order valence-corrected chi connectivity index (χ2v) is 5.34. The first kappa shape index (κ1) is 13.0. The maximum absolute atomic E-state index is 12.0. The van der Waals surface area contributed by atoms with Crippen LogP contribution in [0.15, 0.2) is 0 Å². The van der Waals surface area contributed by atoms with E-state index < -0.39 is 0 Å². The third-order valence-corrected chi connectivity index (χ3v) is 3.74. The maximum atomic E-state index is 12.0. The molecule has 0 aliphatic carbocycles. The second kappa shape index (κ2) is 6.48. The average Bonchev–Trinajstić information content (AvgIpc) is 2.26. The Hall–Kier alpha value is -0.0900. The average molecular weight is 277 g/mol. The summed E-state index contributed by atoms with van der Waals surface area (Å²) in [5, 5.41) is 0. The summed E-state index contributed by atoms with van der Waals surface area (Å²) < 4.78 is 0. The van der Waals surface area contributed by atoms with Crippen LogP contribution in [0, 0.1) is 0 Å². The minimum atomic E-state index is 0.0286. The lowest BCUT2D eigenvalue weighted by Gasteiger charge is -2.33. The monoisotopic (exact) mass is 276 g/mol. The number of carbonyl (C=O) groups is 1. The first-order chi connectivity index (χ1) is 7.15. The number of hydrogen-bond acceptors (Lipinski definition) is 2. The summed E-state index contributed by atoms with van der Waals surface area (Å²) in [6, 6.07) is 0. The van der Waals surface area contributed by atoms with E-state index in [9.17, 15) is 4.79 Å². The highest BCUT2D eigenvalue weighted by Crippen LogP contribution is 2.14. The summed E-state index contributed by atoms with van der Waals surface area (Å²) in [4.78, 5) is 16.2. The van der Waals surface area contributed by atoms with Crippen molar-refractivity contribution in [2.24, 2.45) is 0 Å². The molecule has 1 saturated heterocycles. The Morgan fingerprint density at radius 1 is 1.33 bits per heavy atom. The van der Waals surface area contributed by atoms with Crippen molar-refractivity contribution in [3.8, 4) is 0 Å². The van der Waals surface area contributed by atoms with E-state index in [2.05, 4.69) is 34.8 Å². The Labute approximate surface area is 101 Å². The molecular weight excluding hydrogens is 256 g/mol. The van der Waals surface area contributed by atoms with E-state index in [0.29, 0.717) is 0 Å². The Bertz CT molecular complexity index is 203. The number of nitrogens with zero attached hydrogens (tertiary/aromatic N) is 2. The smallest absolute Gasteiger partial charge is 0.236 e. The predicted molar refractivity (Wildman–Crippen MR) is 66.3 cm³/mol. The Balaban J connectivity index is 2.32. The fourth-order valence-corrected chi connectivity index (χ4v) is 2.35. The van der Waals surface area contributed by atoms with Crippen molar-refractivity contribution in [1.29, 1.82) is 0 Å². The summed E-state index contributed by atoms with van der Waals surface area (Å²) in [5.41, 5.74) is 0. The van der Waals surface area contributed by atoms with Crippen LogP contribution in [0.25, 0.3) is 0 Å². The summed E-state index contributed by atoms with van der Waals surface area (Å²) in [6.07, 6.45) is 3.23. The van der Waals surface area contributed by atoms with Crippen molar-refractivity contribution in [2.45, 2.75) is 31.0 Å². The van der Waals surface area contributed by atoms with E-state index in [0.717, 1.165) is 45.4 Å². The lowest BCUT2D eigenvalue weighted by atomic mass is 10.2. The van der Waals surface area contributed by atoms with E-state index in [1.54, 1.807) is 0 Å². The van der Waals surface area contributed by atoms with Crippen molar-refractivity contribution in [1.82, 2.24) is 9.80 Å². The Morgan fingerprint density at radius 2 is 1.93 bits per heavy atom. The van der Waals surface area contributed by atoms with Gasteiger partial charge < -0.3 is 9.80 Å². The van der Waals surface area contributed by atoms with Gasteiger partial charge in [0.2, 0.25) is 5.91 Å². The van der Waals surface area contributed by atoms with Crippen molar-refractivity contribution >= 4 is 21.8 Å². The zero-order valence-corrected chi connectivity index (χ0v) is 11.3. The van der Waals surface area contributed by atoms with Crippen molar-refractivity contribution in [3.05, 3.63) is 0 Å². The number of piperazine rings is 1. The molecule has 1 unspecified atom stereocenters. The van der Waals surface area contributed by atoms with Gasteiger partial charge in [-0.05, 0) is 13.5 Å². The Morgan fingerprint density at radius 3 is 2.47 bits per heavy atom. The fourth-order valence-electron chi connectivity index (χ4n) is 1.73. The third-order valence-electron chi connectivity index (χ3n) is 2.89. The molecule has 1 aliphatic rings. The van der Waals surface area contributed by atoms with Gasteiger partial charge in [-0.15, -0.1) is 0 Å². The molecule has 1 rings (SSSR count).